The number of benzene rings is 3. The van der Waals surface area contributed by atoms with Gasteiger partial charge in [-0.05, 0) is 47.1 Å². The van der Waals surface area contributed by atoms with Gasteiger partial charge in [-0.25, -0.2) is 0 Å². The maximum absolute atomic E-state index is 2.35. The molecular weight excluding hydrogens is 252 g/mol. The molecule has 0 nitrogen and oxygen atoms in total. The van der Waals surface area contributed by atoms with Gasteiger partial charge >= 0.3 is 0 Å². The van der Waals surface area contributed by atoms with Crippen LogP contribution in [0.1, 0.15) is 36.8 Å². The lowest BCUT2D eigenvalue weighted by Crippen LogP contribution is -1.95. The van der Waals surface area contributed by atoms with Gasteiger partial charge in [0.1, 0.15) is 0 Å². The average Bonchev–Trinajstić information content (AvgIpc) is 2.55. The van der Waals surface area contributed by atoms with Crippen molar-refractivity contribution >= 4 is 10.8 Å². The van der Waals surface area contributed by atoms with E-state index in [1.54, 1.807) is 0 Å². The van der Waals surface area contributed by atoms with E-state index >= 15 is 0 Å². The second-order valence-corrected chi connectivity index (χ2v) is 5.89. The monoisotopic (exact) mass is 274 g/mol. The van der Waals surface area contributed by atoms with Crippen LogP contribution in [-0.4, -0.2) is 0 Å². The number of fused-ring (bicyclic) bond motifs is 1. The Hall–Kier alpha value is -2.08. The van der Waals surface area contributed by atoms with Gasteiger partial charge in [0.25, 0.3) is 0 Å². The molecule has 3 aromatic carbocycles. The van der Waals surface area contributed by atoms with Crippen molar-refractivity contribution in [2.75, 3.05) is 0 Å². The summed E-state index contributed by atoms with van der Waals surface area (Å²) in [5, 5.41) is 2.68. The first kappa shape index (κ1) is 13.9. The summed E-state index contributed by atoms with van der Waals surface area (Å²) >= 11 is 0. The van der Waals surface area contributed by atoms with Crippen LogP contribution < -0.4 is 0 Å². The molecule has 106 valence electrons. The lowest BCUT2D eigenvalue weighted by Gasteiger charge is -2.13. The minimum Gasteiger partial charge on any atom is -0.0622 e. The van der Waals surface area contributed by atoms with E-state index in [4.69, 9.17) is 0 Å². The molecular formula is C21H22. The topological polar surface area (TPSA) is 0 Å². The van der Waals surface area contributed by atoms with Crippen molar-refractivity contribution < 1.29 is 0 Å². The minimum atomic E-state index is 0.623. The van der Waals surface area contributed by atoms with E-state index in [0.29, 0.717) is 5.92 Å². The molecule has 0 saturated heterocycles. The van der Waals surface area contributed by atoms with Crippen molar-refractivity contribution in [3.05, 3.63) is 83.9 Å². The smallest absolute Gasteiger partial charge is 0.0181 e. The summed E-state index contributed by atoms with van der Waals surface area (Å²) in [6.45, 7) is 2.34. The molecule has 0 amide bonds. The summed E-state index contributed by atoms with van der Waals surface area (Å²) in [7, 11) is 0. The van der Waals surface area contributed by atoms with E-state index in [-0.39, 0.29) is 0 Å². The first-order chi connectivity index (χ1) is 10.3. The van der Waals surface area contributed by atoms with Gasteiger partial charge in [0.05, 0.1) is 0 Å². The molecule has 0 radical (unpaired) electrons. The molecule has 3 aromatic rings. The van der Waals surface area contributed by atoms with E-state index < -0.39 is 0 Å². The Morgan fingerprint density at radius 1 is 0.762 bits per heavy atom. The van der Waals surface area contributed by atoms with Gasteiger partial charge in [-0.3, -0.25) is 0 Å². The molecule has 1 atom stereocenters. The lowest BCUT2D eigenvalue weighted by molar-refractivity contribution is 0.634. The lowest BCUT2D eigenvalue weighted by atomic mass is 9.92. The van der Waals surface area contributed by atoms with Crippen LogP contribution in [0.2, 0.25) is 0 Å². The van der Waals surface area contributed by atoms with Crippen LogP contribution in [0.25, 0.3) is 10.8 Å². The fourth-order valence-electron chi connectivity index (χ4n) is 2.94. The molecule has 0 bridgehead atoms. The second-order valence-electron chi connectivity index (χ2n) is 5.89. The van der Waals surface area contributed by atoms with Gasteiger partial charge < -0.3 is 0 Å². The van der Waals surface area contributed by atoms with Crippen molar-refractivity contribution in [2.45, 2.75) is 32.1 Å². The second kappa shape index (κ2) is 6.58. The van der Waals surface area contributed by atoms with E-state index in [9.17, 15) is 0 Å². The van der Waals surface area contributed by atoms with E-state index in [2.05, 4.69) is 79.7 Å². The zero-order valence-corrected chi connectivity index (χ0v) is 12.6. The quantitative estimate of drug-likeness (QED) is 0.538. The maximum atomic E-state index is 2.35. The first-order valence-electron chi connectivity index (χ1n) is 7.85. The summed E-state index contributed by atoms with van der Waals surface area (Å²) in [6.07, 6.45) is 3.67. The summed E-state index contributed by atoms with van der Waals surface area (Å²) in [5.74, 6) is 0.623. The molecule has 0 heterocycles. The third-order valence-electron chi connectivity index (χ3n) is 4.29. The van der Waals surface area contributed by atoms with Crippen LogP contribution in [0.4, 0.5) is 0 Å². The van der Waals surface area contributed by atoms with Crippen molar-refractivity contribution in [1.82, 2.24) is 0 Å². The van der Waals surface area contributed by atoms with Crippen LogP contribution >= 0.6 is 0 Å². The molecule has 0 fully saturated rings. The normalized spacial score (nSPS) is 12.4. The molecule has 0 aliphatic rings. The molecule has 1 unspecified atom stereocenters. The van der Waals surface area contributed by atoms with Gasteiger partial charge in [-0.15, -0.1) is 0 Å². The largest absolute Gasteiger partial charge is 0.0622 e. The Labute approximate surface area is 127 Å². The van der Waals surface area contributed by atoms with Crippen molar-refractivity contribution in [3.8, 4) is 0 Å². The zero-order chi connectivity index (χ0) is 14.5. The van der Waals surface area contributed by atoms with E-state index in [1.807, 2.05) is 0 Å². The van der Waals surface area contributed by atoms with Crippen molar-refractivity contribution in [2.24, 2.45) is 0 Å². The van der Waals surface area contributed by atoms with Crippen LogP contribution in [0.15, 0.2) is 72.8 Å². The van der Waals surface area contributed by atoms with Crippen molar-refractivity contribution in [1.29, 1.82) is 0 Å². The molecule has 0 aliphatic heterocycles. The highest BCUT2D eigenvalue weighted by Crippen LogP contribution is 2.25. The highest BCUT2D eigenvalue weighted by atomic mass is 14.1. The Balaban J connectivity index is 1.62. The Bertz CT molecular complexity index is 697. The Kier molecular flexibility index (Phi) is 4.35. The first-order valence-corrected chi connectivity index (χ1v) is 7.85. The molecule has 0 aliphatic carbocycles. The van der Waals surface area contributed by atoms with Gasteiger partial charge in [0.2, 0.25) is 0 Å². The van der Waals surface area contributed by atoms with Crippen LogP contribution in [0.5, 0.6) is 0 Å². The predicted octanol–water partition coefficient (Wildman–Crippen LogP) is 5.97. The van der Waals surface area contributed by atoms with Crippen LogP contribution in [0.3, 0.4) is 0 Å². The third-order valence-corrected chi connectivity index (χ3v) is 4.29. The number of rotatable bonds is 5. The van der Waals surface area contributed by atoms with Crippen LogP contribution in [-0.2, 0) is 6.42 Å². The average molecular weight is 274 g/mol. The highest BCUT2D eigenvalue weighted by molar-refractivity contribution is 5.83. The Morgan fingerprint density at radius 3 is 2.29 bits per heavy atom. The van der Waals surface area contributed by atoms with Gasteiger partial charge in [-0.2, -0.15) is 0 Å². The maximum Gasteiger partial charge on any atom is -0.0181 e. The van der Waals surface area contributed by atoms with Gasteiger partial charge in [0.15, 0.2) is 0 Å². The highest BCUT2D eigenvalue weighted by Gasteiger charge is 2.06. The van der Waals surface area contributed by atoms with E-state index in [0.717, 1.165) is 0 Å². The van der Waals surface area contributed by atoms with E-state index in [1.165, 1.54) is 41.2 Å². The summed E-state index contributed by atoms with van der Waals surface area (Å²) in [4.78, 5) is 0. The fraction of sp³-hybridized carbons (Fsp3) is 0.238. The molecule has 0 aromatic heterocycles. The molecule has 3 rings (SSSR count). The third kappa shape index (κ3) is 3.52. The van der Waals surface area contributed by atoms with Gasteiger partial charge in [0, 0.05) is 0 Å². The minimum absolute atomic E-state index is 0.623. The molecule has 21 heavy (non-hydrogen) atoms. The SMILES string of the molecule is CC(CCCc1ccccc1)c1ccc2ccccc2c1. The molecule has 0 spiro atoms. The summed E-state index contributed by atoms with van der Waals surface area (Å²) < 4.78 is 0. The summed E-state index contributed by atoms with van der Waals surface area (Å²) in [5.41, 5.74) is 2.91. The van der Waals surface area contributed by atoms with Crippen molar-refractivity contribution in [3.63, 3.8) is 0 Å². The number of aryl methyl sites for hydroxylation is 1. The van der Waals surface area contributed by atoms with Crippen LogP contribution in [0, 0.1) is 0 Å². The zero-order valence-electron chi connectivity index (χ0n) is 12.6. The Morgan fingerprint density at radius 2 is 1.48 bits per heavy atom. The molecule has 0 saturated carbocycles. The number of hydrogen-bond acceptors (Lipinski definition) is 0. The predicted molar refractivity (Wildman–Crippen MR) is 91.7 cm³/mol. The standard InChI is InChI=1S/C21H22/c1-17(8-7-11-18-9-3-2-4-10-18)20-15-14-19-12-5-6-13-21(19)16-20/h2-6,9-10,12-17H,7-8,11H2,1H3. The fourth-order valence-corrected chi connectivity index (χ4v) is 2.94. The molecule has 0 N–H and O–H groups in total. The molecule has 0 heteroatoms. The summed E-state index contributed by atoms with van der Waals surface area (Å²) in [6, 6.07) is 26.3. The van der Waals surface area contributed by atoms with Gasteiger partial charge in [-0.1, -0.05) is 79.7 Å². The number of hydrogen-bond donors (Lipinski definition) is 0.